The van der Waals surface area contributed by atoms with E-state index >= 15 is 0 Å². The number of nitrogens with one attached hydrogen (secondary N) is 2. The third kappa shape index (κ3) is 2.48. The maximum absolute atomic E-state index is 12.1. The Labute approximate surface area is 120 Å². The molecule has 3 rings (SSSR count). The minimum absolute atomic E-state index is 0.0713. The number of rotatable bonds is 3. The van der Waals surface area contributed by atoms with Crippen molar-refractivity contribution in [2.45, 2.75) is 6.92 Å². The van der Waals surface area contributed by atoms with Gasteiger partial charge in [0, 0.05) is 17.3 Å². The number of amides is 1. The molecule has 0 radical (unpaired) electrons. The second-order valence-electron chi connectivity index (χ2n) is 4.47. The van der Waals surface area contributed by atoms with Crippen LogP contribution in [0.1, 0.15) is 15.9 Å². The van der Waals surface area contributed by atoms with Gasteiger partial charge in [0.15, 0.2) is 0 Å². The second-order valence-corrected chi connectivity index (χ2v) is 5.21. The first-order chi connectivity index (χ1) is 9.74. The molecule has 1 aromatic carbocycles. The van der Waals surface area contributed by atoms with Gasteiger partial charge in [-0.3, -0.25) is 9.89 Å². The standard InChI is InChI=1S/C15H13N3OS/c1-10-8-20-9-13(10)15(19)17-12-4-2-11(3-5-12)14-6-7-16-18-14/h2-9H,1H3,(H,16,18)(H,17,19). The first kappa shape index (κ1) is 12.6. The van der Waals surface area contributed by atoms with Crippen molar-refractivity contribution in [2.75, 3.05) is 5.32 Å². The molecule has 2 aromatic heterocycles. The fraction of sp³-hybridized carbons (Fsp3) is 0.0667. The molecule has 0 spiro atoms. The second kappa shape index (κ2) is 5.30. The molecule has 0 bridgehead atoms. The summed E-state index contributed by atoms with van der Waals surface area (Å²) in [4.78, 5) is 12.1. The number of nitrogens with zero attached hydrogens (tertiary/aromatic N) is 1. The lowest BCUT2D eigenvalue weighted by molar-refractivity contribution is 0.102. The number of aryl methyl sites for hydroxylation is 1. The summed E-state index contributed by atoms with van der Waals surface area (Å²) < 4.78 is 0. The number of aromatic amines is 1. The zero-order valence-electron chi connectivity index (χ0n) is 10.9. The van der Waals surface area contributed by atoms with Crippen molar-refractivity contribution >= 4 is 22.9 Å². The highest BCUT2D eigenvalue weighted by Gasteiger charge is 2.10. The molecular formula is C15H13N3OS. The average Bonchev–Trinajstić information content (AvgIpc) is 3.10. The zero-order chi connectivity index (χ0) is 13.9. The fourth-order valence-electron chi connectivity index (χ4n) is 1.94. The number of anilines is 1. The van der Waals surface area contributed by atoms with Crippen LogP contribution in [0, 0.1) is 6.92 Å². The fourth-order valence-corrected chi connectivity index (χ4v) is 2.77. The largest absolute Gasteiger partial charge is 0.322 e. The summed E-state index contributed by atoms with van der Waals surface area (Å²) in [5.41, 5.74) is 4.50. The van der Waals surface area contributed by atoms with Gasteiger partial charge in [-0.2, -0.15) is 16.4 Å². The smallest absolute Gasteiger partial charge is 0.256 e. The topological polar surface area (TPSA) is 57.8 Å². The highest BCUT2D eigenvalue weighted by Crippen LogP contribution is 2.20. The lowest BCUT2D eigenvalue weighted by Gasteiger charge is -2.05. The van der Waals surface area contributed by atoms with Crippen LogP contribution in [0.5, 0.6) is 0 Å². The molecule has 0 saturated carbocycles. The van der Waals surface area contributed by atoms with E-state index in [0.29, 0.717) is 0 Å². The predicted molar refractivity (Wildman–Crippen MR) is 81.0 cm³/mol. The summed E-state index contributed by atoms with van der Waals surface area (Å²) in [7, 11) is 0. The van der Waals surface area contributed by atoms with Crippen LogP contribution in [0.3, 0.4) is 0 Å². The van der Waals surface area contributed by atoms with Gasteiger partial charge >= 0.3 is 0 Å². The van der Waals surface area contributed by atoms with Gasteiger partial charge in [0.25, 0.3) is 5.91 Å². The number of thiophene rings is 1. The number of hydrogen-bond donors (Lipinski definition) is 2. The lowest BCUT2D eigenvalue weighted by atomic mass is 10.1. The van der Waals surface area contributed by atoms with E-state index in [1.54, 1.807) is 6.20 Å². The van der Waals surface area contributed by atoms with Crippen LogP contribution in [0.25, 0.3) is 11.3 Å². The van der Waals surface area contributed by atoms with Crippen LogP contribution < -0.4 is 5.32 Å². The first-order valence-corrected chi connectivity index (χ1v) is 7.12. The van der Waals surface area contributed by atoms with E-state index in [0.717, 1.165) is 28.1 Å². The molecular weight excluding hydrogens is 270 g/mol. The molecule has 5 heteroatoms. The Morgan fingerprint density at radius 3 is 2.60 bits per heavy atom. The summed E-state index contributed by atoms with van der Waals surface area (Å²) >= 11 is 1.53. The van der Waals surface area contributed by atoms with Gasteiger partial charge in [-0.15, -0.1) is 0 Å². The quantitative estimate of drug-likeness (QED) is 0.770. The van der Waals surface area contributed by atoms with Gasteiger partial charge < -0.3 is 5.32 Å². The average molecular weight is 283 g/mol. The monoisotopic (exact) mass is 283 g/mol. The molecule has 4 nitrogen and oxygen atoms in total. The lowest BCUT2D eigenvalue weighted by Crippen LogP contribution is -2.11. The molecule has 0 aliphatic heterocycles. The molecule has 20 heavy (non-hydrogen) atoms. The van der Waals surface area contributed by atoms with Gasteiger partial charge in [0.05, 0.1) is 11.3 Å². The van der Waals surface area contributed by atoms with Gasteiger partial charge in [0.1, 0.15) is 0 Å². The van der Waals surface area contributed by atoms with E-state index in [9.17, 15) is 4.79 Å². The minimum Gasteiger partial charge on any atom is -0.322 e. The van der Waals surface area contributed by atoms with Crippen molar-refractivity contribution in [3.05, 3.63) is 58.4 Å². The van der Waals surface area contributed by atoms with Crippen LogP contribution >= 0.6 is 11.3 Å². The van der Waals surface area contributed by atoms with Crippen LogP contribution in [0.2, 0.25) is 0 Å². The summed E-state index contributed by atoms with van der Waals surface area (Å²) in [5, 5.41) is 13.6. The van der Waals surface area contributed by atoms with Gasteiger partial charge in [0.2, 0.25) is 0 Å². The SMILES string of the molecule is Cc1cscc1C(=O)Nc1ccc(-c2ccn[nH]2)cc1. The Bertz CT molecular complexity index is 714. The van der Waals surface area contributed by atoms with E-state index in [-0.39, 0.29) is 5.91 Å². The van der Waals surface area contributed by atoms with Crippen molar-refractivity contribution < 1.29 is 4.79 Å². The molecule has 100 valence electrons. The molecule has 0 aliphatic rings. The van der Waals surface area contributed by atoms with Gasteiger partial charge in [-0.25, -0.2) is 0 Å². The van der Waals surface area contributed by atoms with E-state index < -0.39 is 0 Å². The van der Waals surface area contributed by atoms with Crippen LogP contribution in [-0.4, -0.2) is 16.1 Å². The van der Waals surface area contributed by atoms with E-state index in [1.165, 1.54) is 11.3 Å². The Hall–Kier alpha value is -2.40. The van der Waals surface area contributed by atoms with E-state index in [2.05, 4.69) is 15.5 Å². The van der Waals surface area contributed by atoms with Crippen LogP contribution in [-0.2, 0) is 0 Å². The van der Waals surface area contributed by atoms with Crippen molar-refractivity contribution in [3.63, 3.8) is 0 Å². The highest BCUT2D eigenvalue weighted by molar-refractivity contribution is 7.08. The molecule has 0 aliphatic carbocycles. The molecule has 1 amide bonds. The van der Waals surface area contributed by atoms with Crippen molar-refractivity contribution in [1.82, 2.24) is 10.2 Å². The molecule has 2 heterocycles. The zero-order valence-corrected chi connectivity index (χ0v) is 11.7. The molecule has 0 saturated heterocycles. The molecule has 0 unspecified atom stereocenters. The van der Waals surface area contributed by atoms with Crippen molar-refractivity contribution in [2.24, 2.45) is 0 Å². The van der Waals surface area contributed by atoms with E-state index in [4.69, 9.17) is 0 Å². The van der Waals surface area contributed by atoms with Crippen molar-refractivity contribution in [3.8, 4) is 11.3 Å². The van der Waals surface area contributed by atoms with Crippen LogP contribution in [0.15, 0.2) is 47.3 Å². The third-order valence-electron chi connectivity index (χ3n) is 3.05. The molecule has 3 aromatic rings. The summed E-state index contributed by atoms with van der Waals surface area (Å²) in [6.07, 6.45) is 1.71. The maximum Gasteiger partial charge on any atom is 0.256 e. The summed E-state index contributed by atoms with van der Waals surface area (Å²) in [6.45, 7) is 1.94. The Kier molecular flexibility index (Phi) is 3.35. The Morgan fingerprint density at radius 1 is 1.20 bits per heavy atom. The molecule has 0 atom stereocenters. The predicted octanol–water partition coefficient (Wildman–Crippen LogP) is 3.70. The third-order valence-corrected chi connectivity index (χ3v) is 3.92. The molecule has 0 fully saturated rings. The number of carbonyl (C=O) groups is 1. The first-order valence-electron chi connectivity index (χ1n) is 6.18. The number of benzene rings is 1. The van der Waals surface area contributed by atoms with Crippen molar-refractivity contribution in [1.29, 1.82) is 0 Å². The number of carbonyl (C=O) groups excluding carboxylic acids is 1. The summed E-state index contributed by atoms with van der Waals surface area (Å²) in [6, 6.07) is 9.57. The normalized spacial score (nSPS) is 10.4. The Balaban J connectivity index is 1.76. The van der Waals surface area contributed by atoms with Gasteiger partial charge in [-0.1, -0.05) is 12.1 Å². The summed E-state index contributed by atoms with van der Waals surface area (Å²) in [5.74, 6) is -0.0713. The minimum atomic E-state index is -0.0713. The Morgan fingerprint density at radius 2 is 2.00 bits per heavy atom. The van der Waals surface area contributed by atoms with Gasteiger partial charge in [-0.05, 0) is 41.6 Å². The highest BCUT2D eigenvalue weighted by atomic mass is 32.1. The van der Waals surface area contributed by atoms with Crippen LogP contribution in [0.4, 0.5) is 5.69 Å². The number of hydrogen-bond acceptors (Lipinski definition) is 3. The number of aromatic nitrogens is 2. The number of H-pyrrole nitrogens is 1. The maximum atomic E-state index is 12.1. The van der Waals surface area contributed by atoms with E-state index in [1.807, 2.05) is 48.0 Å². The molecule has 2 N–H and O–H groups in total.